The van der Waals surface area contributed by atoms with Gasteiger partial charge in [-0.1, -0.05) is 86.1 Å². The van der Waals surface area contributed by atoms with Crippen molar-refractivity contribution in [1.82, 2.24) is 0 Å². The van der Waals surface area contributed by atoms with E-state index in [0.29, 0.717) is 5.02 Å². The standard InChI is InChI=1S/C28H24ClO/c1-27(2)23-10-6-5-8-19(23)22-15-14-18(21-9-7-11-24(27)26(21)22)20-13-12-17(29)16-25(20)28(3,4)30/h5-16,30H,3H2,1-2,4H3. The first-order valence-electron chi connectivity index (χ1n) is 10.2. The summed E-state index contributed by atoms with van der Waals surface area (Å²) in [5.74, 6) is 0. The van der Waals surface area contributed by atoms with Crippen LogP contribution >= 0.6 is 11.6 Å². The molecule has 1 atom stereocenters. The average molecular weight is 412 g/mol. The summed E-state index contributed by atoms with van der Waals surface area (Å²) in [6.45, 7) is 10.3. The zero-order chi connectivity index (χ0) is 21.3. The van der Waals surface area contributed by atoms with Crippen molar-refractivity contribution in [2.45, 2.75) is 31.8 Å². The number of hydrogen-bond acceptors (Lipinski definition) is 1. The molecule has 1 nitrogen and oxygen atoms in total. The van der Waals surface area contributed by atoms with Gasteiger partial charge in [-0.2, -0.15) is 0 Å². The van der Waals surface area contributed by atoms with Gasteiger partial charge in [-0.15, -0.1) is 0 Å². The minimum Gasteiger partial charge on any atom is -0.385 e. The first-order chi connectivity index (χ1) is 14.2. The molecule has 0 heterocycles. The molecule has 1 aliphatic carbocycles. The topological polar surface area (TPSA) is 20.2 Å². The monoisotopic (exact) mass is 411 g/mol. The Hall–Kier alpha value is -2.61. The SMILES string of the molecule is [CH2]C(C)(O)c1cc(Cl)ccc1-c1ccc2c3c(cccc13)C(C)(C)c1ccccc1-2. The number of benzene rings is 4. The van der Waals surface area contributed by atoms with Crippen molar-refractivity contribution >= 4 is 22.4 Å². The Morgan fingerprint density at radius 3 is 2.23 bits per heavy atom. The summed E-state index contributed by atoms with van der Waals surface area (Å²) in [6, 6.07) is 25.3. The molecule has 1 aliphatic rings. The first kappa shape index (κ1) is 19.4. The van der Waals surface area contributed by atoms with Crippen LogP contribution in [0.15, 0.2) is 72.8 Å². The summed E-state index contributed by atoms with van der Waals surface area (Å²) >= 11 is 6.27. The molecule has 0 amide bonds. The lowest BCUT2D eigenvalue weighted by atomic mass is 9.68. The summed E-state index contributed by atoms with van der Waals surface area (Å²) in [5, 5.41) is 13.8. The third-order valence-electron chi connectivity index (χ3n) is 6.46. The van der Waals surface area contributed by atoms with Gasteiger partial charge in [0.25, 0.3) is 0 Å². The third kappa shape index (κ3) is 2.73. The second kappa shape index (κ2) is 6.44. The second-order valence-corrected chi connectivity index (χ2v) is 9.46. The van der Waals surface area contributed by atoms with Gasteiger partial charge in [-0.3, -0.25) is 0 Å². The maximum atomic E-state index is 10.7. The lowest BCUT2D eigenvalue weighted by Crippen LogP contribution is -2.23. The van der Waals surface area contributed by atoms with Crippen molar-refractivity contribution in [1.29, 1.82) is 0 Å². The quantitative estimate of drug-likeness (QED) is 0.362. The highest BCUT2D eigenvalue weighted by Gasteiger charge is 2.33. The van der Waals surface area contributed by atoms with Gasteiger partial charge >= 0.3 is 0 Å². The molecule has 1 unspecified atom stereocenters. The predicted octanol–water partition coefficient (Wildman–Crippen LogP) is 7.51. The van der Waals surface area contributed by atoms with E-state index in [2.05, 4.69) is 75.4 Å². The van der Waals surface area contributed by atoms with E-state index in [9.17, 15) is 5.11 Å². The fourth-order valence-corrected chi connectivity index (χ4v) is 5.16. The van der Waals surface area contributed by atoms with Gasteiger partial charge in [0.2, 0.25) is 0 Å². The molecule has 30 heavy (non-hydrogen) atoms. The van der Waals surface area contributed by atoms with Crippen LogP contribution < -0.4 is 0 Å². The fourth-order valence-electron chi connectivity index (χ4n) is 4.99. The minimum atomic E-state index is -1.24. The van der Waals surface area contributed by atoms with Crippen molar-refractivity contribution in [2.75, 3.05) is 0 Å². The molecule has 0 spiro atoms. The van der Waals surface area contributed by atoms with Gasteiger partial charge in [-0.25, -0.2) is 0 Å². The van der Waals surface area contributed by atoms with E-state index in [1.165, 1.54) is 33.0 Å². The van der Waals surface area contributed by atoms with Crippen LogP contribution in [0.5, 0.6) is 0 Å². The van der Waals surface area contributed by atoms with Gasteiger partial charge in [0, 0.05) is 10.4 Å². The van der Waals surface area contributed by atoms with Gasteiger partial charge < -0.3 is 5.11 Å². The Kier molecular flexibility index (Phi) is 4.16. The molecule has 0 saturated carbocycles. The second-order valence-electron chi connectivity index (χ2n) is 9.02. The van der Waals surface area contributed by atoms with E-state index in [1.807, 2.05) is 18.2 Å². The highest BCUT2D eigenvalue weighted by Crippen LogP contribution is 2.50. The number of halogens is 1. The Morgan fingerprint density at radius 2 is 1.47 bits per heavy atom. The Balaban J connectivity index is 1.90. The van der Waals surface area contributed by atoms with Crippen LogP contribution in [0.2, 0.25) is 5.02 Å². The first-order valence-corrected chi connectivity index (χ1v) is 10.6. The molecule has 0 fully saturated rings. The number of hydrogen-bond donors (Lipinski definition) is 1. The molecule has 1 N–H and O–H groups in total. The van der Waals surface area contributed by atoms with E-state index >= 15 is 0 Å². The maximum Gasteiger partial charge on any atom is 0.0876 e. The molecular formula is C28H24ClO. The van der Waals surface area contributed by atoms with Crippen LogP contribution in [0.3, 0.4) is 0 Å². The lowest BCUT2D eigenvalue weighted by molar-refractivity contribution is 0.109. The maximum absolute atomic E-state index is 10.7. The van der Waals surface area contributed by atoms with Gasteiger partial charge in [-0.05, 0) is 75.7 Å². The highest BCUT2D eigenvalue weighted by molar-refractivity contribution is 6.30. The zero-order valence-corrected chi connectivity index (χ0v) is 18.2. The van der Waals surface area contributed by atoms with E-state index in [0.717, 1.165) is 16.7 Å². The van der Waals surface area contributed by atoms with E-state index < -0.39 is 5.60 Å². The van der Waals surface area contributed by atoms with Crippen LogP contribution in [0, 0.1) is 6.92 Å². The summed E-state index contributed by atoms with van der Waals surface area (Å²) in [6.07, 6.45) is 0. The van der Waals surface area contributed by atoms with Crippen molar-refractivity contribution in [3.05, 3.63) is 101 Å². The molecule has 149 valence electrons. The average Bonchev–Trinajstić information content (AvgIpc) is 2.71. The summed E-state index contributed by atoms with van der Waals surface area (Å²) in [7, 11) is 0. The highest BCUT2D eigenvalue weighted by atomic mass is 35.5. The Labute approximate surface area is 183 Å². The smallest absolute Gasteiger partial charge is 0.0876 e. The number of fused-ring (bicyclic) bond motifs is 2. The van der Waals surface area contributed by atoms with Crippen molar-refractivity contribution < 1.29 is 5.11 Å². The molecule has 2 heteroatoms. The predicted molar refractivity (Wildman–Crippen MR) is 127 cm³/mol. The lowest BCUT2D eigenvalue weighted by Gasteiger charge is -2.35. The largest absolute Gasteiger partial charge is 0.385 e. The summed E-state index contributed by atoms with van der Waals surface area (Å²) < 4.78 is 0. The molecule has 4 aromatic carbocycles. The minimum absolute atomic E-state index is 0.0949. The molecular weight excluding hydrogens is 388 g/mol. The normalized spacial score (nSPS) is 14.6. The van der Waals surface area contributed by atoms with Crippen molar-refractivity contribution in [3.63, 3.8) is 0 Å². The summed E-state index contributed by atoms with van der Waals surface area (Å²) in [4.78, 5) is 0. The number of aliphatic hydroxyl groups is 1. The number of rotatable bonds is 2. The van der Waals surface area contributed by atoms with Crippen LogP contribution in [0.25, 0.3) is 33.0 Å². The van der Waals surface area contributed by atoms with Gasteiger partial charge in [0.1, 0.15) is 0 Å². The van der Waals surface area contributed by atoms with E-state index in [-0.39, 0.29) is 5.41 Å². The van der Waals surface area contributed by atoms with Crippen molar-refractivity contribution in [2.24, 2.45) is 0 Å². The molecule has 5 rings (SSSR count). The molecule has 4 aromatic rings. The van der Waals surface area contributed by atoms with E-state index in [4.69, 9.17) is 11.6 Å². The van der Waals surface area contributed by atoms with Crippen LogP contribution in [0.4, 0.5) is 0 Å². The molecule has 0 aromatic heterocycles. The Morgan fingerprint density at radius 1 is 0.800 bits per heavy atom. The van der Waals surface area contributed by atoms with E-state index in [1.54, 1.807) is 6.92 Å². The van der Waals surface area contributed by atoms with Gasteiger partial charge in [0.05, 0.1) is 5.60 Å². The van der Waals surface area contributed by atoms with Gasteiger partial charge in [0.15, 0.2) is 0 Å². The molecule has 0 aliphatic heterocycles. The third-order valence-corrected chi connectivity index (χ3v) is 6.69. The molecule has 0 bridgehead atoms. The van der Waals surface area contributed by atoms with Crippen LogP contribution in [-0.2, 0) is 11.0 Å². The molecule has 0 saturated heterocycles. The molecule has 1 radical (unpaired) electrons. The zero-order valence-electron chi connectivity index (χ0n) is 17.5. The van der Waals surface area contributed by atoms with Crippen LogP contribution in [-0.4, -0.2) is 5.11 Å². The summed E-state index contributed by atoms with van der Waals surface area (Å²) in [5.41, 5.74) is 6.66. The van der Waals surface area contributed by atoms with Crippen molar-refractivity contribution in [3.8, 4) is 22.3 Å². The van der Waals surface area contributed by atoms with Crippen LogP contribution in [0.1, 0.15) is 37.5 Å². The Bertz CT molecular complexity index is 1310. The fraction of sp³-hybridized carbons (Fsp3) is 0.179.